The van der Waals surface area contributed by atoms with E-state index in [2.05, 4.69) is 15.9 Å². The second-order valence-electron chi connectivity index (χ2n) is 3.68. The molecule has 0 spiro atoms. The van der Waals surface area contributed by atoms with Crippen LogP contribution in [0.5, 0.6) is 5.75 Å². The highest BCUT2D eigenvalue weighted by Gasteiger charge is 2.12. The van der Waals surface area contributed by atoms with Crippen LogP contribution in [0, 0.1) is 13.8 Å². The first-order valence-electron chi connectivity index (χ1n) is 4.59. The Hall–Kier alpha value is -0.540. The molecule has 14 heavy (non-hydrogen) atoms. The Morgan fingerprint density at radius 3 is 2.50 bits per heavy atom. The largest absolute Gasteiger partial charge is 0.507 e. The number of aryl methyl sites for hydroxylation is 1. The minimum atomic E-state index is -0.358. The second-order valence-corrected chi connectivity index (χ2v) is 4.48. The van der Waals surface area contributed by atoms with Crippen molar-refractivity contribution in [1.82, 2.24) is 0 Å². The van der Waals surface area contributed by atoms with Crippen LogP contribution in [0.3, 0.4) is 0 Å². The summed E-state index contributed by atoms with van der Waals surface area (Å²) in [7, 11) is 0. The Labute approximate surface area is 92.7 Å². The van der Waals surface area contributed by atoms with E-state index in [0.717, 1.165) is 21.2 Å². The monoisotopic (exact) mass is 258 g/mol. The molecule has 0 fully saturated rings. The maximum Gasteiger partial charge on any atom is 0.130 e. The highest BCUT2D eigenvalue weighted by atomic mass is 79.9. The molecule has 2 nitrogen and oxygen atoms in total. The van der Waals surface area contributed by atoms with Crippen molar-refractivity contribution in [3.8, 4) is 5.75 Å². The van der Waals surface area contributed by atoms with E-state index in [1.54, 1.807) is 13.0 Å². The quantitative estimate of drug-likeness (QED) is 0.857. The molecule has 2 N–H and O–H groups in total. The van der Waals surface area contributed by atoms with Gasteiger partial charge in [-0.3, -0.25) is 0 Å². The van der Waals surface area contributed by atoms with Gasteiger partial charge in [-0.2, -0.15) is 0 Å². The zero-order chi connectivity index (χ0) is 10.9. The molecule has 0 aromatic heterocycles. The summed E-state index contributed by atoms with van der Waals surface area (Å²) in [6, 6.07) is 1.72. The van der Waals surface area contributed by atoms with E-state index in [-0.39, 0.29) is 11.9 Å². The van der Waals surface area contributed by atoms with Crippen molar-refractivity contribution in [1.29, 1.82) is 0 Å². The Bertz CT molecular complexity index is 346. The predicted octanol–water partition coefficient (Wildman–Crippen LogP) is 2.69. The molecule has 1 aromatic carbocycles. The Morgan fingerprint density at radius 1 is 1.43 bits per heavy atom. The lowest BCUT2D eigenvalue weighted by atomic mass is 9.97. The molecule has 1 aromatic rings. The van der Waals surface area contributed by atoms with Crippen molar-refractivity contribution < 1.29 is 10.2 Å². The molecule has 0 amide bonds. The molecule has 0 saturated carbocycles. The molecule has 0 radical (unpaired) electrons. The van der Waals surface area contributed by atoms with Gasteiger partial charge in [-0.15, -0.1) is 0 Å². The summed E-state index contributed by atoms with van der Waals surface area (Å²) in [5.74, 6) is 0.259. The highest BCUT2D eigenvalue weighted by molar-refractivity contribution is 9.10. The molecular formula is C11H15BrO2. The van der Waals surface area contributed by atoms with Gasteiger partial charge in [-0.1, -0.05) is 0 Å². The standard InChI is InChI=1S/C11H15BrO2/c1-6-4-10(14)11(12)8(3)9(6)5-7(2)13/h4,7,13-14H,5H2,1-3H3. The van der Waals surface area contributed by atoms with E-state index < -0.39 is 0 Å². The van der Waals surface area contributed by atoms with E-state index in [9.17, 15) is 10.2 Å². The van der Waals surface area contributed by atoms with Gasteiger partial charge >= 0.3 is 0 Å². The van der Waals surface area contributed by atoms with Crippen LogP contribution >= 0.6 is 15.9 Å². The summed E-state index contributed by atoms with van der Waals surface area (Å²) in [4.78, 5) is 0. The summed E-state index contributed by atoms with van der Waals surface area (Å²) < 4.78 is 0.721. The van der Waals surface area contributed by atoms with Crippen molar-refractivity contribution >= 4 is 15.9 Å². The minimum absolute atomic E-state index is 0.259. The molecule has 0 saturated heterocycles. The third kappa shape index (κ3) is 2.28. The number of phenols is 1. The van der Waals surface area contributed by atoms with Crippen LogP contribution in [-0.4, -0.2) is 16.3 Å². The normalized spacial score (nSPS) is 12.9. The molecule has 0 bridgehead atoms. The molecule has 0 aliphatic carbocycles. The topological polar surface area (TPSA) is 40.5 Å². The van der Waals surface area contributed by atoms with Crippen molar-refractivity contribution in [3.05, 3.63) is 27.2 Å². The van der Waals surface area contributed by atoms with E-state index in [1.807, 2.05) is 13.8 Å². The number of phenolic OH excluding ortho intramolecular Hbond substituents is 1. The van der Waals surface area contributed by atoms with Crippen molar-refractivity contribution in [2.75, 3.05) is 0 Å². The summed E-state index contributed by atoms with van der Waals surface area (Å²) >= 11 is 3.32. The number of aliphatic hydroxyl groups is 1. The lowest BCUT2D eigenvalue weighted by Gasteiger charge is -2.14. The Balaban J connectivity index is 3.22. The first kappa shape index (κ1) is 11.5. The zero-order valence-electron chi connectivity index (χ0n) is 8.63. The average Bonchev–Trinajstić information content (AvgIpc) is 2.09. The first-order chi connectivity index (χ1) is 6.43. The summed E-state index contributed by atoms with van der Waals surface area (Å²) in [6.45, 7) is 5.64. The third-order valence-electron chi connectivity index (χ3n) is 2.34. The van der Waals surface area contributed by atoms with Crippen molar-refractivity contribution in [3.63, 3.8) is 0 Å². The summed E-state index contributed by atoms with van der Waals surface area (Å²) in [5, 5.41) is 18.9. The van der Waals surface area contributed by atoms with Crippen LogP contribution in [0.4, 0.5) is 0 Å². The number of benzene rings is 1. The number of hydrogen-bond donors (Lipinski definition) is 2. The maximum absolute atomic E-state index is 9.53. The van der Waals surface area contributed by atoms with Gasteiger partial charge in [0.25, 0.3) is 0 Å². The molecule has 3 heteroatoms. The van der Waals surface area contributed by atoms with Gasteiger partial charge < -0.3 is 10.2 Å². The average molecular weight is 259 g/mol. The molecule has 1 unspecified atom stereocenters. The van der Waals surface area contributed by atoms with Gasteiger partial charge in [0.2, 0.25) is 0 Å². The molecule has 0 aliphatic heterocycles. The maximum atomic E-state index is 9.53. The van der Waals surface area contributed by atoms with E-state index in [4.69, 9.17) is 0 Å². The van der Waals surface area contributed by atoms with Gasteiger partial charge in [-0.05, 0) is 65.9 Å². The molecule has 1 rings (SSSR count). The van der Waals surface area contributed by atoms with Gasteiger partial charge in [0.05, 0.1) is 10.6 Å². The molecular weight excluding hydrogens is 244 g/mol. The van der Waals surface area contributed by atoms with E-state index in [1.165, 1.54) is 0 Å². The van der Waals surface area contributed by atoms with Gasteiger partial charge in [0.15, 0.2) is 0 Å². The summed E-state index contributed by atoms with van der Waals surface area (Å²) in [6.07, 6.45) is 0.264. The van der Waals surface area contributed by atoms with Gasteiger partial charge in [-0.25, -0.2) is 0 Å². The lowest BCUT2D eigenvalue weighted by molar-refractivity contribution is 0.195. The van der Waals surface area contributed by atoms with Crippen LogP contribution in [0.25, 0.3) is 0 Å². The zero-order valence-corrected chi connectivity index (χ0v) is 10.2. The number of halogens is 1. The Kier molecular flexibility index (Phi) is 3.56. The van der Waals surface area contributed by atoms with Crippen LogP contribution < -0.4 is 0 Å². The SMILES string of the molecule is Cc1cc(O)c(Br)c(C)c1CC(C)O. The molecule has 0 heterocycles. The molecule has 0 aliphatic rings. The van der Waals surface area contributed by atoms with Crippen LogP contribution in [-0.2, 0) is 6.42 Å². The van der Waals surface area contributed by atoms with Crippen LogP contribution in [0.2, 0.25) is 0 Å². The second kappa shape index (κ2) is 4.32. The number of aliphatic hydroxyl groups excluding tert-OH is 1. The van der Waals surface area contributed by atoms with E-state index >= 15 is 0 Å². The molecule has 1 atom stereocenters. The minimum Gasteiger partial charge on any atom is -0.507 e. The smallest absolute Gasteiger partial charge is 0.130 e. The first-order valence-corrected chi connectivity index (χ1v) is 5.38. The third-order valence-corrected chi connectivity index (χ3v) is 3.34. The van der Waals surface area contributed by atoms with E-state index in [0.29, 0.717) is 6.42 Å². The van der Waals surface area contributed by atoms with Crippen molar-refractivity contribution in [2.45, 2.75) is 33.3 Å². The van der Waals surface area contributed by atoms with Crippen molar-refractivity contribution in [2.24, 2.45) is 0 Å². The number of rotatable bonds is 2. The summed E-state index contributed by atoms with van der Waals surface area (Å²) in [5.41, 5.74) is 3.12. The molecule has 78 valence electrons. The number of hydrogen-bond acceptors (Lipinski definition) is 2. The van der Waals surface area contributed by atoms with Gasteiger partial charge in [0.1, 0.15) is 5.75 Å². The Morgan fingerprint density at radius 2 is 2.00 bits per heavy atom. The highest BCUT2D eigenvalue weighted by Crippen LogP contribution is 2.32. The van der Waals surface area contributed by atoms with Gasteiger partial charge in [0, 0.05) is 0 Å². The lowest BCUT2D eigenvalue weighted by Crippen LogP contribution is -2.07. The fourth-order valence-electron chi connectivity index (χ4n) is 1.59. The fourth-order valence-corrected chi connectivity index (χ4v) is 1.94. The van der Waals surface area contributed by atoms with Crippen LogP contribution in [0.15, 0.2) is 10.5 Å². The fraction of sp³-hybridized carbons (Fsp3) is 0.455. The number of aromatic hydroxyl groups is 1. The van der Waals surface area contributed by atoms with Crippen LogP contribution in [0.1, 0.15) is 23.6 Å². The predicted molar refractivity (Wildman–Crippen MR) is 60.7 cm³/mol.